The zero-order valence-electron chi connectivity index (χ0n) is 60.4. The molecule has 0 bridgehead atoms. The van der Waals surface area contributed by atoms with Crippen molar-refractivity contribution >= 4 is 118 Å². The van der Waals surface area contributed by atoms with Gasteiger partial charge in [0.15, 0.2) is 0 Å². The molecular weight excluding hydrogens is 1330 g/mol. The maximum absolute atomic E-state index is 13.5. The van der Waals surface area contributed by atoms with E-state index >= 15 is 0 Å². The fraction of sp³-hybridized carbons (Fsp3) is 0.942. The molecule has 0 saturated heterocycles. The number of nitrogens with zero attached hydrogens (tertiary/aromatic N) is 4. The molecule has 0 rings (SSSR count). The summed E-state index contributed by atoms with van der Waals surface area (Å²) in [5, 5.41) is 0. The lowest BCUT2D eigenvalue weighted by atomic mass is 10.3. The van der Waals surface area contributed by atoms with Crippen molar-refractivity contribution in [3.05, 3.63) is 0 Å². The first kappa shape index (κ1) is 91.4. The van der Waals surface area contributed by atoms with Crippen molar-refractivity contribution in [2.45, 2.75) is 164 Å². The topological polar surface area (TPSA) is 155 Å². The highest BCUT2D eigenvalue weighted by atomic mass is 32.2. The van der Waals surface area contributed by atoms with Crippen LogP contribution in [0.4, 0.5) is 0 Å². The molecule has 552 valence electrons. The Bertz CT molecular complexity index is 1630. The number of amides is 4. The molecule has 0 aliphatic rings. The molecule has 0 aliphatic heterocycles. The fourth-order valence-electron chi connectivity index (χ4n) is 8.95. The van der Waals surface area contributed by atoms with Gasteiger partial charge in [0.2, 0.25) is 23.6 Å². The van der Waals surface area contributed by atoms with E-state index in [9.17, 15) is 19.2 Å². The molecule has 4 amide bonds. The minimum absolute atomic E-state index is 0.217. The molecule has 0 aromatic heterocycles. The lowest BCUT2D eigenvalue weighted by molar-refractivity contribution is -0.132. The van der Waals surface area contributed by atoms with E-state index in [1.165, 1.54) is 24.3 Å². The van der Waals surface area contributed by atoms with E-state index < -0.39 is 0 Å². The molecular formula is C69H136N4O12S8. The van der Waals surface area contributed by atoms with Crippen LogP contribution < -0.4 is 0 Å². The second-order valence-electron chi connectivity index (χ2n) is 22.1. The highest BCUT2D eigenvalue weighted by molar-refractivity contribution is 8.00. The molecule has 0 N–H and O–H groups in total. The van der Waals surface area contributed by atoms with Crippen LogP contribution >= 0.6 is 94.1 Å². The van der Waals surface area contributed by atoms with Gasteiger partial charge in [-0.1, -0.05) is 26.7 Å². The summed E-state index contributed by atoms with van der Waals surface area (Å²) in [6, 6.07) is 0. The van der Waals surface area contributed by atoms with E-state index in [0.717, 1.165) is 190 Å². The van der Waals surface area contributed by atoms with Crippen LogP contribution in [-0.4, -0.2) is 293 Å². The summed E-state index contributed by atoms with van der Waals surface area (Å²) >= 11 is 15.5. The standard InChI is InChI=1S/C69H136N4O12S8/c1-7-13-30-70(34-38-82-46-42-78-9-3)66(74)26-62-90-56-20-16-52-87-59-24-32-72(36-40-84-48-44-80-11-5)68(76)28-64-92-58-22-18-54-89-61-25-33-73(37-41-85-49-45-81-12-6)69(77)29-65-93-57-21-17-53-88-60-23-31-71(35-39-83-47-43-79-10-4)67(75)27-63-91-55-19-15-51-86-50-14-8-2/h7-65H2,1-6H3/i2D. The van der Waals surface area contributed by atoms with Gasteiger partial charge in [0, 0.05) is 129 Å². The Hall–Kier alpha value is 0.360. The van der Waals surface area contributed by atoms with Gasteiger partial charge in [0.25, 0.3) is 0 Å². The number of ether oxygens (including phenoxy) is 8. The molecule has 0 heterocycles. The van der Waals surface area contributed by atoms with Gasteiger partial charge < -0.3 is 57.5 Å². The number of rotatable bonds is 78. The summed E-state index contributed by atoms with van der Waals surface area (Å²) in [6.45, 7) is 25.6. The third-order valence-electron chi connectivity index (χ3n) is 14.4. The molecule has 0 fully saturated rings. The molecule has 0 aliphatic carbocycles. The maximum atomic E-state index is 13.5. The largest absolute Gasteiger partial charge is 0.379 e. The number of thioether (sulfide) groups is 8. The summed E-state index contributed by atoms with van der Waals surface area (Å²) in [5.41, 5.74) is 0. The van der Waals surface area contributed by atoms with Gasteiger partial charge in [0.05, 0.1) is 79.3 Å². The molecule has 0 atom stereocenters. The minimum atomic E-state index is 0.217. The first-order valence-electron chi connectivity index (χ1n) is 36.6. The van der Waals surface area contributed by atoms with E-state index in [2.05, 4.69) is 6.92 Å². The quantitative estimate of drug-likeness (QED) is 0.0530. The number of carbonyl (C=O) groups is 4. The van der Waals surface area contributed by atoms with Gasteiger partial charge in [-0.05, 0) is 180 Å². The van der Waals surface area contributed by atoms with Crippen LogP contribution in [0.2, 0.25) is 0 Å². The van der Waals surface area contributed by atoms with Gasteiger partial charge in [-0.25, -0.2) is 0 Å². The molecule has 0 aromatic carbocycles. The molecule has 0 spiro atoms. The minimum Gasteiger partial charge on any atom is -0.379 e. The lowest BCUT2D eigenvalue weighted by Gasteiger charge is -2.23. The van der Waals surface area contributed by atoms with Crippen molar-refractivity contribution < 1.29 is 58.4 Å². The third kappa shape index (κ3) is 66.7. The van der Waals surface area contributed by atoms with Crippen LogP contribution in [0.5, 0.6) is 0 Å². The predicted molar refractivity (Wildman–Crippen MR) is 413 cm³/mol. The van der Waals surface area contributed by atoms with Crippen LogP contribution in [0.1, 0.15) is 165 Å². The Kier molecular flexibility index (Phi) is 76.7. The molecule has 0 unspecified atom stereocenters. The second-order valence-corrected chi connectivity index (χ2v) is 31.9. The van der Waals surface area contributed by atoms with Gasteiger partial charge in [-0.2, -0.15) is 94.1 Å². The zero-order chi connectivity index (χ0) is 68.4. The zero-order valence-corrected chi connectivity index (χ0v) is 65.9. The monoisotopic (exact) mass is 1470 g/mol. The average Bonchev–Trinajstić information content (AvgIpc) is 3.30. The molecule has 0 saturated carbocycles. The van der Waals surface area contributed by atoms with Gasteiger partial charge in [-0.3, -0.25) is 19.2 Å². The van der Waals surface area contributed by atoms with Crippen LogP contribution in [0.3, 0.4) is 0 Å². The van der Waals surface area contributed by atoms with E-state index in [1.807, 2.05) is 141 Å². The van der Waals surface area contributed by atoms with Crippen LogP contribution in [0.25, 0.3) is 0 Å². The van der Waals surface area contributed by atoms with Crippen molar-refractivity contribution in [3.8, 4) is 0 Å². The second kappa shape index (κ2) is 78.1. The van der Waals surface area contributed by atoms with Crippen molar-refractivity contribution in [1.29, 1.82) is 0 Å². The van der Waals surface area contributed by atoms with Crippen LogP contribution in [0.15, 0.2) is 0 Å². The highest BCUT2D eigenvalue weighted by Gasteiger charge is 2.17. The normalized spacial score (nSPS) is 11.6. The fourth-order valence-corrected chi connectivity index (χ4v) is 16.5. The van der Waals surface area contributed by atoms with Gasteiger partial charge >= 0.3 is 0 Å². The van der Waals surface area contributed by atoms with Crippen molar-refractivity contribution in [2.24, 2.45) is 0 Å². The summed E-state index contributed by atoms with van der Waals surface area (Å²) < 4.78 is 52.0. The summed E-state index contributed by atoms with van der Waals surface area (Å²) in [4.78, 5) is 61.1. The Morgan fingerprint density at radius 1 is 0.247 bits per heavy atom. The molecule has 93 heavy (non-hydrogen) atoms. The van der Waals surface area contributed by atoms with Crippen molar-refractivity contribution in [1.82, 2.24) is 19.6 Å². The first-order valence-corrected chi connectivity index (χ1v) is 45.2. The van der Waals surface area contributed by atoms with Crippen molar-refractivity contribution in [3.63, 3.8) is 0 Å². The van der Waals surface area contributed by atoms with Crippen molar-refractivity contribution in [2.75, 3.05) is 250 Å². The molecule has 0 radical (unpaired) electrons. The highest BCUT2D eigenvalue weighted by Crippen LogP contribution is 2.18. The van der Waals surface area contributed by atoms with E-state index in [1.54, 1.807) is 0 Å². The number of carbonyl (C=O) groups excluding carboxylic acids is 4. The van der Waals surface area contributed by atoms with E-state index in [0.29, 0.717) is 164 Å². The first-order chi connectivity index (χ1) is 46.3. The van der Waals surface area contributed by atoms with E-state index in [-0.39, 0.29) is 23.6 Å². The molecule has 16 nitrogen and oxygen atoms in total. The van der Waals surface area contributed by atoms with Crippen LogP contribution in [-0.2, 0) is 57.1 Å². The Labute approximate surface area is 605 Å². The average molecular weight is 1470 g/mol. The van der Waals surface area contributed by atoms with E-state index in [4.69, 9.17) is 39.3 Å². The lowest BCUT2D eigenvalue weighted by Crippen LogP contribution is -2.35. The SMILES string of the molecule is [2H]CCCCSCCCCSCCC(=O)N(CCCSCCCCSCCC(=O)N(CCCSCCCCSCCC(=O)N(CCCSCCCCSCCC(=O)N(CCCC)CCOCCOCC)CCOCCOCC)CCOCCOCC)CCOCCOCC. The Morgan fingerprint density at radius 3 is 0.699 bits per heavy atom. The molecule has 0 aromatic rings. The summed E-state index contributed by atoms with van der Waals surface area (Å²) in [5.74, 6) is 17.4. The predicted octanol–water partition coefficient (Wildman–Crippen LogP) is 13.8. The number of unbranched alkanes of at least 4 members (excludes halogenated alkanes) is 6. The summed E-state index contributed by atoms with van der Waals surface area (Å²) in [6.07, 6.45) is 18.7. The molecule has 24 heteroatoms. The van der Waals surface area contributed by atoms with Gasteiger partial charge in [0.1, 0.15) is 0 Å². The third-order valence-corrected chi connectivity index (χ3v) is 23.3. The smallest absolute Gasteiger partial charge is 0.223 e. The van der Waals surface area contributed by atoms with Gasteiger partial charge in [-0.15, -0.1) is 0 Å². The Morgan fingerprint density at radius 2 is 0.462 bits per heavy atom. The Balaban J connectivity index is 4.53. The maximum Gasteiger partial charge on any atom is 0.223 e. The number of hydrogen-bond acceptors (Lipinski definition) is 20. The van der Waals surface area contributed by atoms with Crippen LogP contribution in [0, 0.1) is 0 Å². The number of hydrogen-bond donors (Lipinski definition) is 0. The summed E-state index contributed by atoms with van der Waals surface area (Å²) in [7, 11) is 0.